The van der Waals surface area contributed by atoms with Crippen LogP contribution < -0.4 is 8.92 Å². The van der Waals surface area contributed by atoms with Crippen LogP contribution in [0.25, 0.3) is 0 Å². The van der Waals surface area contributed by atoms with Gasteiger partial charge in [-0.1, -0.05) is 0 Å². The maximum atomic E-state index is 3.83. The van der Waals surface area contributed by atoms with Crippen LogP contribution in [0.4, 0.5) is 0 Å². The predicted molar refractivity (Wildman–Crippen MR) is 139 cm³/mol. The van der Waals surface area contributed by atoms with Crippen molar-refractivity contribution in [3.63, 3.8) is 0 Å². The quantitative estimate of drug-likeness (QED) is 0.327. The molecule has 0 aliphatic heterocycles. The van der Waals surface area contributed by atoms with E-state index >= 15 is 0 Å². The zero-order valence-electron chi connectivity index (χ0n) is 18.9. The van der Waals surface area contributed by atoms with Crippen LogP contribution in [-0.2, 0) is 21.1 Å². The average Bonchev–Trinajstić information content (AvgIpc) is 2.73. The van der Waals surface area contributed by atoms with E-state index in [9.17, 15) is 0 Å². The summed E-state index contributed by atoms with van der Waals surface area (Å²) >= 11 is 5.72. The van der Waals surface area contributed by atoms with Crippen molar-refractivity contribution in [2.75, 3.05) is 37.0 Å². The summed E-state index contributed by atoms with van der Waals surface area (Å²) < 4.78 is 2.27. The zero-order chi connectivity index (χ0) is 21.6. The van der Waals surface area contributed by atoms with Gasteiger partial charge in [0.05, 0.1) is 37.0 Å². The van der Waals surface area contributed by atoms with Crippen molar-refractivity contribution in [2.24, 2.45) is 0 Å². The molecule has 0 radical (unpaired) electrons. The SMILES string of the molecule is CC[PH+](CC)CC.CC[PH+](CC)CC.[Pt+2].[Se-]c1ccncc1.[Se-]c1ccncc1. The van der Waals surface area contributed by atoms with E-state index in [0.717, 1.165) is 8.92 Å². The van der Waals surface area contributed by atoms with Gasteiger partial charge in [-0.3, -0.25) is 0 Å². The molecule has 0 atom stereocenters. The van der Waals surface area contributed by atoms with Gasteiger partial charge in [0.2, 0.25) is 0 Å². The molecule has 0 fully saturated rings. The molecule has 7 heteroatoms. The molecule has 0 amide bonds. The minimum atomic E-state index is 0. The molecule has 0 bridgehead atoms. The Bertz CT molecular complexity index is 468. The number of aromatic nitrogens is 2. The fraction of sp³-hybridized carbons (Fsp3) is 0.545. The van der Waals surface area contributed by atoms with Gasteiger partial charge in [0, 0.05) is 0 Å². The monoisotopic (exact) mass is 749 g/mol. The molecule has 0 unspecified atom stereocenters. The number of hydrogen-bond donors (Lipinski definition) is 0. The molecule has 0 spiro atoms. The third-order valence-electron chi connectivity index (χ3n) is 4.30. The summed E-state index contributed by atoms with van der Waals surface area (Å²) in [7, 11) is 0.275. The number of rotatable bonds is 6. The van der Waals surface area contributed by atoms with Crippen LogP contribution in [0.3, 0.4) is 0 Å². The van der Waals surface area contributed by atoms with Gasteiger partial charge >= 0.3 is 121 Å². The van der Waals surface area contributed by atoms with E-state index in [4.69, 9.17) is 0 Å². The van der Waals surface area contributed by atoms with Crippen molar-refractivity contribution in [3.8, 4) is 0 Å². The molecule has 0 saturated carbocycles. The third kappa shape index (κ3) is 25.0. The average molecular weight is 748 g/mol. The first kappa shape index (κ1) is 34.5. The van der Waals surface area contributed by atoms with Gasteiger partial charge in [-0.15, -0.1) is 0 Å². The molecular formula is C22H40N2P2PtSe2+2. The fourth-order valence-electron chi connectivity index (χ4n) is 2.18. The van der Waals surface area contributed by atoms with Crippen molar-refractivity contribution in [2.45, 2.75) is 41.5 Å². The van der Waals surface area contributed by atoms with E-state index < -0.39 is 0 Å². The molecule has 0 saturated heterocycles. The fourth-order valence-corrected chi connectivity index (χ4v) is 5.69. The zero-order valence-corrected chi connectivity index (χ0v) is 26.6. The van der Waals surface area contributed by atoms with Crippen LogP contribution in [0.5, 0.6) is 0 Å². The Kier molecular flexibility index (Phi) is 32.0. The summed E-state index contributed by atoms with van der Waals surface area (Å²) in [5, 5.41) is 0. The van der Waals surface area contributed by atoms with Gasteiger partial charge in [0.25, 0.3) is 0 Å². The van der Waals surface area contributed by atoms with Crippen LogP contribution in [0, 0.1) is 0 Å². The Morgan fingerprint density at radius 2 is 0.759 bits per heavy atom. The Morgan fingerprint density at radius 1 is 0.552 bits per heavy atom. The van der Waals surface area contributed by atoms with Crippen molar-refractivity contribution in [1.82, 2.24) is 9.97 Å². The second kappa shape index (κ2) is 26.9. The summed E-state index contributed by atoms with van der Waals surface area (Å²) in [4.78, 5) is 7.65. The number of hydrogen-bond acceptors (Lipinski definition) is 2. The Hall–Kier alpha value is 0.887. The van der Waals surface area contributed by atoms with Gasteiger partial charge < -0.3 is 0 Å². The molecule has 0 aliphatic rings. The molecule has 29 heavy (non-hydrogen) atoms. The normalized spacial score (nSPS) is 9.10. The van der Waals surface area contributed by atoms with Crippen LogP contribution >= 0.6 is 15.8 Å². The maximum absolute atomic E-state index is 3.83. The standard InChI is InChI=1S/2C6H15P.2C5H5NSe.Pt/c2*1-4-7(5-2)6-3;2*7-5-1-3-6-4-2-5;/h2*4-6H2,1-3H3;2*1-4H,(H,6,7);/q;;;;+2. The topological polar surface area (TPSA) is 25.8 Å². The minimum absolute atomic E-state index is 0. The second-order valence-corrected chi connectivity index (χ2v) is 15.2. The molecule has 2 aromatic rings. The first-order valence-corrected chi connectivity index (χ1v) is 16.2. The van der Waals surface area contributed by atoms with E-state index in [1.807, 2.05) is 24.3 Å². The molecule has 168 valence electrons. The summed E-state index contributed by atoms with van der Waals surface area (Å²) in [6, 6.07) is 7.67. The molecule has 0 N–H and O–H groups in total. The van der Waals surface area contributed by atoms with Crippen LogP contribution in [0.15, 0.2) is 49.1 Å². The van der Waals surface area contributed by atoms with E-state index in [0.29, 0.717) is 0 Å². The molecule has 2 rings (SSSR count). The van der Waals surface area contributed by atoms with E-state index in [1.165, 1.54) is 37.0 Å². The summed E-state index contributed by atoms with van der Waals surface area (Å²) in [6.07, 6.45) is 15.8. The van der Waals surface area contributed by atoms with Crippen molar-refractivity contribution in [1.29, 1.82) is 0 Å². The molecule has 2 aromatic heterocycles. The van der Waals surface area contributed by atoms with E-state index in [-0.39, 0.29) is 36.9 Å². The molecule has 2 nitrogen and oxygen atoms in total. The van der Waals surface area contributed by atoms with Crippen LogP contribution in [-0.4, -0.2) is 79.0 Å². The van der Waals surface area contributed by atoms with E-state index in [2.05, 4.69) is 83.5 Å². The van der Waals surface area contributed by atoms with Crippen molar-refractivity contribution in [3.05, 3.63) is 49.1 Å². The van der Waals surface area contributed by atoms with Crippen molar-refractivity contribution < 1.29 is 21.1 Å². The molecule has 0 aliphatic carbocycles. The van der Waals surface area contributed by atoms with Gasteiger partial charge in [0.1, 0.15) is 0 Å². The Balaban J connectivity index is -0.000000307. The number of pyridine rings is 2. The molecule has 2 heterocycles. The first-order valence-electron chi connectivity index (χ1n) is 10.3. The summed E-state index contributed by atoms with van der Waals surface area (Å²) in [5.41, 5.74) is 0. The second-order valence-electron chi connectivity index (χ2n) is 5.99. The summed E-state index contributed by atoms with van der Waals surface area (Å²) in [6.45, 7) is 13.8. The van der Waals surface area contributed by atoms with Crippen molar-refractivity contribution >= 4 is 56.8 Å². The predicted octanol–water partition coefficient (Wildman–Crippen LogP) is 4.27. The van der Waals surface area contributed by atoms with Gasteiger partial charge in [-0.05, 0) is 57.4 Å². The van der Waals surface area contributed by atoms with Crippen LogP contribution in [0.2, 0.25) is 0 Å². The Labute approximate surface area is 214 Å². The van der Waals surface area contributed by atoms with Gasteiger partial charge in [-0.2, -0.15) is 0 Å². The molecule has 0 aromatic carbocycles. The Morgan fingerprint density at radius 3 is 0.828 bits per heavy atom. The van der Waals surface area contributed by atoms with Gasteiger partial charge in [0.15, 0.2) is 0 Å². The van der Waals surface area contributed by atoms with E-state index in [1.54, 1.807) is 24.8 Å². The molecular weight excluding hydrogens is 707 g/mol. The summed E-state index contributed by atoms with van der Waals surface area (Å²) in [5.74, 6) is 0. The first-order chi connectivity index (χ1) is 13.5. The van der Waals surface area contributed by atoms with Gasteiger partial charge in [-0.25, -0.2) is 0 Å². The van der Waals surface area contributed by atoms with Crippen LogP contribution in [0.1, 0.15) is 41.5 Å². The number of nitrogens with zero attached hydrogens (tertiary/aromatic N) is 2. The third-order valence-corrected chi connectivity index (χ3v) is 11.4.